The highest BCUT2D eigenvalue weighted by Crippen LogP contribution is 2.25. The number of carbonyl (C=O) groups excluding carboxylic acids is 1. The van der Waals surface area contributed by atoms with Crippen LogP contribution in [-0.4, -0.2) is 70.2 Å². The first-order valence-electron chi connectivity index (χ1n) is 11.0. The number of hydrogen-bond donors (Lipinski definition) is 1. The summed E-state index contributed by atoms with van der Waals surface area (Å²) < 4.78 is 16.9. The molecule has 1 aromatic carbocycles. The van der Waals surface area contributed by atoms with Crippen LogP contribution in [0.1, 0.15) is 53.8 Å². The third-order valence-corrected chi connectivity index (χ3v) is 6.07. The standard InChI is InChI=1S/C22H27N5O4/c28-22(20-17-5-1-2-6-18(17)24-25-20)27-10-3-4-16(14-27)30-13-9-19-23-21(31-26-19)15-7-11-29-12-8-15/h1-2,5-6,15-16H,3-4,7-14H2,(H,24,25). The average Bonchev–Trinajstić information content (AvgIpc) is 3.47. The van der Waals surface area contributed by atoms with Crippen LogP contribution < -0.4 is 0 Å². The Labute approximate surface area is 180 Å². The number of benzene rings is 1. The fraction of sp³-hybridized carbons (Fsp3) is 0.545. The smallest absolute Gasteiger partial charge is 0.275 e. The van der Waals surface area contributed by atoms with Crippen molar-refractivity contribution >= 4 is 16.8 Å². The van der Waals surface area contributed by atoms with Crippen molar-refractivity contribution in [3.63, 3.8) is 0 Å². The number of fused-ring (bicyclic) bond motifs is 1. The maximum absolute atomic E-state index is 13.0. The molecule has 0 spiro atoms. The number of amides is 1. The van der Waals surface area contributed by atoms with Gasteiger partial charge >= 0.3 is 0 Å². The molecule has 5 rings (SSSR count). The molecule has 31 heavy (non-hydrogen) atoms. The minimum atomic E-state index is -0.0509. The Morgan fingerprint density at radius 2 is 2.10 bits per heavy atom. The van der Waals surface area contributed by atoms with Gasteiger partial charge < -0.3 is 18.9 Å². The summed E-state index contributed by atoms with van der Waals surface area (Å²) in [6, 6.07) is 7.69. The molecule has 0 bridgehead atoms. The molecule has 1 atom stereocenters. The lowest BCUT2D eigenvalue weighted by Gasteiger charge is -2.32. The van der Waals surface area contributed by atoms with Crippen LogP contribution in [-0.2, 0) is 15.9 Å². The van der Waals surface area contributed by atoms with E-state index in [4.69, 9.17) is 14.0 Å². The second-order valence-corrected chi connectivity index (χ2v) is 8.19. The van der Waals surface area contributed by atoms with Gasteiger partial charge in [0.2, 0.25) is 5.89 Å². The zero-order valence-corrected chi connectivity index (χ0v) is 17.5. The molecule has 2 aliphatic heterocycles. The van der Waals surface area contributed by atoms with Crippen molar-refractivity contribution in [2.24, 2.45) is 0 Å². The summed E-state index contributed by atoms with van der Waals surface area (Å²) >= 11 is 0. The van der Waals surface area contributed by atoms with Crippen molar-refractivity contribution in [1.29, 1.82) is 0 Å². The minimum absolute atomic E-state index is 0.00442. The van der Waals surface area contributed by atoms with E-state index in [0.717, 1.165) is 56.3 Å². The third-order valence-electron chi connectivity index (χ3n) is 6.07. The first-order valence-corrected chi connectivity index (χ1v) is 11.0. The van der Waals surface area contributed by atoms with Gasteiger partial charge in [0.15, 0.2) is 11.5 Å². The highest BCUT2D eigenvalue weighted by molar-refractivity contribution is 6.04. The van der Waals surface area contributed by atoms with E-state index in [9.17, 15) is 4.79 Å². The lowest BCUT2D eigenvalue weighted by atomic mass is 10.0. The molecule has 164 valence electrons. The van der Waals surface area contributed by atoms with E-state index in [2.05, 4.69) is 20.3 Å². The fourth-order valence-electron chi connectivity index (χ4n) is 4.33. The number of carbonyl (C=O) groups is 1. The minimum Gasteiger partial charge on any atom is -0.381 e. The van der Waals surface area contributed by atoms with E-state index in [1.807, 2.05) is 29.2 Å². The maximum Gasteiger partial charge on any atom is 0.275 e. The number of para-hydroxylation sites is 1. The third kappa shape index (κ3) is 4.47. The monoisotopic (exact) mass is 425 g/mol. The molecule has 0 aliphatic carbocycles. The number of aromatic amines is 1. The summed E-state index contributed by atoms with van der Waals surface area (Å²) in [7, 11) is 0. The van der Waals surface area contributed by atoms with Crippen molar-refractivity contribution in [3.05, 3.63) is 41.7 Å². The van der Waals surface area contributed by atoms with Gasteiger partial charge in [-0.2, -0.15) is 10.1 Å². The molecule has 0 saturated carbocycles. The predicted octanol–water partition coefficient (Wildman–Crippen LogP) is 2.70. The summed E-state index contributed by atoms with van der Waals surface area (Å²) in [5.41, 5.74) is 1.35. The molecule has 2 aromatic heterocycles. The van der Waals surface area contributed by atoms with Crippen molar-refractivity contribution in [3.8, 4) is 0 Å². The second-order valence-electron chi connectivity index (χ2n) is 8.19. The summed E-state index contributed by atoms with van der Waals surface area (Å²) in [6.07, 6.45) is 4.30. The summed E-state index contributed by atoms with van der Waals surface area (Å²) in [4.78, 5) is 19.4. The largest absolute Gasteiger partial charge is 0.381 e. The molecule has 0 radical (unpaired) electrons. The van der Waals surface area contributed by atoms with E-state index < -0.39 is 0 Å². The first-order chi connectivity index (χ1) is 15.3. The Balaban J connectivity index is 1.13. The Morgan fingerprint density at radius 1 is 1.23 bits per heavy atom. The fourth-order valence-corrected chi connectivity index (χ4v) is 4.33. The van der Waals surface area contributed by atoms with Gasteiger partial charge in [0.1, 0.15) is 0 Å². The Bertz CT molecular complexity index is 1030. The lowest BCUT2D eigenvalue weighted by Crippen LogP contribution is -2.43. The highest BCUT2D eigenvalue weighted by Gasteiger charge is 2.27. The highest BCUT2D eigenvalue weighted by atomic mass is 16.5. The summed E-state index contributed by atoms with van der Waals surface area (Å²) in [5, 5.41) is 12.1. The number of likely N-dealkylation sites (tertiary alicyclic amines) is 1. The molecule has 3 aromatic rings. The van der Waals surface area contributed by atoms with Gasteiger partial charge in [0.25, 0.3) is 5.91 Å². The van der Waals surface area contributed by atoms with Gasteiger partial charge in [-0.1, -0.05) is 23.4 Å². The molecule has 2 aliphatic rings. The van der Waals surface area contributed by atoms with E-state index in [1.165, 1.54) is 0 Å². The number of nitrogens with one attached hydrogen (secondary N) is 1. The number of piperidine rings is 1. The number of H-pyrrole nitrogens is 1. The van der Waals surface area contributed by atoms with Gasteiger partial charge in [0, 0.05) is 44.0 Å². The van der Waals surface area contributed by atoms with Crippen LogP contribution in [0.3, 0.4) is 0 Å². The van der Waals surface area contributed by atoms with Gasteiger partial charge in [-0.3, -0.25) is 9.89 Å². The van der Waals surface area contributed by atoms with Crippen molar-refractivity contribution in [1.82, 2.24) is 25.2 Å². The van der Waals surface area contributed by atoms with Gasteiger partial charge in [-0.05, 0) is 31.7 Å². The molecule has 2 fully saturated rings. The van der Waals surface area contributed by atoms with Crippen LogP contribution in [0.5, 0.6) is 0 Å². The summed E-state index contributed by atoms with van der Waals surface area (Å²) in [6.45, 7) is 3.29. The average molecular weight is 425 g/mol. The van der Waals surface area contributed by atoms with Crippen LogP contribution in [0.4, 0.5) is 0 Å². The predicted molar refractivity (Wildman–Crippen MR) is 112 cm³/mol. The van der Waals surface area contributed by atoms with Crippen LogP contribution in [0.15, 0.2) is 28.8 Å². The molecule has 9 heteroatoms. The van der Waals surface area contributed by atoms with Gasteiger partial charge in [0.05, 0.1) is 18.2 Å². The SMILES string of the molecule is O=C(c1n[nH]c2ccccc12)N1CCCC(OCCc2noc(C3CCOCC3)n2)C1. The number of ether oxygens (including phenoxy) is 2. The molecular formula is C22H27N5O4. The Hall–Kier alpha value is -2.78. The number of nitrogens with zero attached hydrogens (tertiary/aromatic N) is 4. The molecule has 1 N–H and O–H groups in total. The normalized spacial score (nSPS) is 20.4. The van der Waals surface area contributed by atoms with E-state index in [1.54, 1.807) is 0 Å². The Kier molecular flexibility index (Phi) is 5.95. The quantitative estimate of drug-likeness (QED) is 0.647. The molecule has 2 saturated heterocycles. The topological polar surface area (TPSA) is 106 Å². The number of aromatic nitrogens is 4. The second kappa shape index (κ2) is 9.15. The zero-order chi connectivity index (χ0) is 21.0. The van der Waals surface area contributed by atoms with Gasteiger partial charge in [-0.15, -0.1) is 0 Å². The number of rotatable bonds is 6. The molecule has 1 unspecified atom stereocenters. The van der Waals surface area contributed by atoms with E-state index in [-0.39, 0.29) is 12.0 Å². The lowest BCUT2D eigenvalue weighted by molar-refractivity contribution is 0.00238. The van der Waals surface area contributed by atoms with E-state index >= 15 is 0 Å². The Morgan fingerprint density at radius 3 is 3.00 bits per heavy atom. The van der Waals surface area contributed by atoms with E-state index in [0.29, 0.717) is 42.9 Å². The van der Waals surface area contributed by atoms with Crippen molar-refractivity contribution in [2.45, 2.75) is 44.1 Å². The number of hydrogen-bond acceptors (Lipinski definition) is 7. The molecule has 4 heterocycles. The van der Waals surface area contributed by atoms with Crippen LogP contribution >= 0.6 is 0 Å². The van der Waals surface area contributed by atoms with Crippen molar-refractivity contribution < 1.29 is 18.8 Å². The molecule has 9 nitrogen and oxygen atoms in total. The molecular weight excluding hydrogens is 398 g/mol. The molecule has 1 amide bonds. The summed E-state index contributed by atoms with van der Waals surface area (Å²) in [5.74, 6) is 1.63. The van der Waals surface area contributed by atoms with Crippen LogP contribution in [0.2, 0.25) is 0 Å². The van der Waals surface area contributed by atoms with Gasteiger partial charge in [-0.25, -0.2) is 0 Å². The zero-order valence-electron chi connectivity index (χ0n) is 17.5. The van der Waals surface area contributed by atoms with Crippen molar-refractivity contribution in [2.75, 3.05) is 32.9 Å². The maximum atomic E-state index is 13.0. The van der Waals surface area contributed by atoms with Crippen LogP contribution in [0, 0.1) is 0 Å². The first kappa shape index (κ1) is 20.1. The van der Waals surface area contributed by atoms with Crippen LogP contribution in [0.25, 0.3) is 10.9 Å².